The fraction of sp³-hybridized carbons (Fsp3) is 0.600. The maximum atomic E-state index is 5.90. The summed E-state index contributed by atoms with van der Waals surface area (Å²) >= 11 is 1.77. The van der Waals surface area contributed by atoms with Crippen LogP contribution >= 0.6 is 11.3 Å². The Balaban J connectivity index is 1.87. The van der Waals surface area contributed by atoms with Crippen LogP contribution in [0.1, 0.15) is 24.3 Å². The lowest BCUT2D eigenvalue weighted by Crippen LogP contribution is -2.18. The van der Waals surface area contributed by atoms with E-state index in [9.17, 15) is 0 Å². The third-order valence-electron chi connectivity index (χ3n) is 2.36. The van der Waals surface area contributed by atoms with E-state index in [2.05, 4.69) is 29.8 Å². The molecule has 0 aliphatic carbocycles. The van der Waals surface area contributed by atoms with Crippen molar-refractivity contribution in [3.63, 3.8) is 0 Å². The topological polar surface area (TPSA) is 21.3 Å². The third kappa shape index (κ3) is 2.30. The summed E-state index contributed by atoms with van der Waals surface area (Å²) in [5.41, 5.74) is 0. The van der Waals surface area contributed by atoms with Gasteiger partial charge in [-0.3, -0.25) is 0 Å². The predicted molar refractivity (Wildman–Crippen MR) is 55.1 cm³/mol. The molecule has 1 aromatic heterocycles. The van der Waals surface area contributed by atoms with Crippen LogP contribution in [0.3, 0.4) is 0 Å². The van der Waals surface area contributed by atoms with Crippen molar-refractivity contribution >= 4 is 11.3 Å². The van der Waals surface area contributed by atoms with Crippen molar-refractivity contribution in [2.75, 3.05) is 13.1 Å². The van der Waals surface area contributed by atoms with E-state index < -0.39 is 0 Å². The second-order valence-electron chi connectivity index (χ2n) is 3.41. The summed E-state index contributed by atoms with van der Waals surface area (Å²) in [7, 11) is 0. The number of hydrogen-bond acceptors (Lipinski definition) is 3. The van der Waals surface area contributed by atoms with E-state index >= 15 is 0 Å². The SMILES string of the molecule is C[C@@H](O[C@@H]1CCNC1)c1cccs1. The average Bonchev–Trinajstić information content (AvgIpc) is 2.74. The first-order chi connectivity index (χ1) is 6.36. The second kappa shape index (κ2) is 4.22. The maximum Gasteiger partial charge on any atom is 0.0893 e. The minimum atomic E-state index is 0.255. The Morgan fingerprint density at radius 2 is 2.62 bits per heavy atom. The van der Waals surface area contributed by atoms with Gasteiger partial charge in [-0.2, -0.15) is 0 Å². The number of hydrogen-bond donors (Lipinski definition) is 1. The van der Waals surface area contributed by atoms with Crippen molar-refractivity contribution in [1.82, 2.24) is 5.32 Å². The van der Waals surface area contributed by atoms with Crippen molar-refractivity contribution in [3.8, 4) is 0 Å². The van der Waals surface area contributed by atoms with Crippen LogP contribution in [-0.2, 0) is 4.74 Å². The zero-order chi connectivity index (χ0) is 9.10. The smallest absolute Gasteiger partial charge is 0.0893 e. The molecular formula is C10H15NOS. The molecule has 0 unspecified atom stereocenters. The lowest BCUT2D eigenvalue weighted by atomic mass is 10.3. The highest BCUT2D eigenvalue weighted by atomic mass is 32.1. The Kier molecular flexibility index (Phi) is 2.98. The van der Waals surface area contributed by atoms with Gasteiger partial charge in [0, 0.05) is 11.4 Å². The molecule has 2 heterocycles. The van der Waals surface area contributed by atoms with Crippen LogP contribution in [0.15, 0.2) is 17.5 Å². The molecular weight excluding hydrogens is 182 g/mol. The van der Waals surface area contributed by atoms with E-state index in [1.165, 1.54) is 4.88 Å². The quantitative estimate of drug-likeness (QED) is 0.802. The standard InChI is InChI=1S/C10H15NOS/c1-8(10-3-2-6-13-10)12-9-4-5-11-7-9/h2-3,6,8-9,11H,4-5,7H2,1H3/t8-,9-/m1/s1. The zero-order valence-corrected chi connectivity index (χ0v) is 8.64. The Bertz CT molecular complexity index is 241. The van der Waals surface area contributed by atoms with Crippen LogP contribution in [0.4, 0.5) is 0 Å². The minimum Gasteiger partial charge on any atom is -0.368 e. The van der Waals surface area contributed by atoms with Crippen molar-refractivity contribution < 1.29 is 4.74 Å². The van der Waals surface area contributed by atoms with Gasteiger partial charge in [0.1, 0.15) is 0 Å². The Hall–Kier alpha value is -0.380. The van der Waals surface area contributed by atoms with Gasteiger partial charge in [0.05, 0.1) is 12.2 Å². The van der Waals surface area contributed by atoms with Gasteiger partial charge in [0.2, 0.25) is 0 Å². The molecule has 0 aromatic carbocycles. The zero-order valence-electron chi connectivity index (χ0n) is 7.82. The molecule has 0 bridgehead atoms. The lowest BCUT2D eigenvalue weighted by molar-refractivity contribution is 0.0102. The molecule has 1 N–H and O–H groups in total. The number of thiophene rings is 1. The van der Waals surface area contributed by atoms with Gasteiger partial charge in [0.25, 0.3) is 0 Å². The maximum absolute atomic E-state index is 5.90. The predicted octanol–water partition coefficient (Wildman–Crippen LogP) is 2.19. The highest BCUT2D eigenvalue weighted by Crippen LogP contribution is 2.24. The summed E-state index contributed by atoms with van der Waals surface area (Å²) < 4.78 is 5.90. The van der Waals surface area contributed by atoms with Gasteiger partial charge < -0.3 is 10.1 Å². The number of nitrogens with one attached hydrogen (secondary N) is 1. The van der Waals surface area contributed by atoms with Crippen LogP contribution in [-0.4, -0.2) is 19.2 Å². The summed E-state index contributed by atoms with van der Waals surface area (Å²) in [5, 5.41) is 5.40. The largest absolute Gasteiger partial charge is 0.368 e. The fourth-order valence-electron chi connectivity index (χ4n) is 1.62. The van der Waals surface area contributed by atoms with Gasteiger partial charge in [-0.25, -0.2) is 0 Å². The van der Waals surface area contributed by atoms with Gasteiger partial charge in [-0.1, -0.05) is 6.07 Å². The van der Waals surface area contributed by atoms with Gasteiger partial charge >= 0.3 is 0 Å². The normalized spacial score (nSPS) is 24.8. The van der Waals surface area contributed by atoms with Crippen LogP contribution in [0, 0.1) is 0 Å². The fourth-order valence-corrected chi connectivity index (χ4v) is 2.34. The highest BCUT2D eigenvalue weighted by Gasteiger charge is 2.18. The molecule has 72 valence electrons. The number of ether oxygens (including phenoxy) is 1. The molecule has 0 radical (unpaired) electrons. The van der Waals surface area contributed by atoms with E-state index in [0.29, 0.717) is 6.10 Å². The second-order valence-corrected chi connectivity index (χ2v) is 4.39. The van der Waals surface area contributed by atoms with Crippen LogP contribution < -0.4 is 5.32 Å². The highest BCUT2D eigenvalue weighted by molar-refractivity contribution is 7.10. The summed E-state index contributed by atoms with van der Waals surface area (Å²) in [4.78, 5) is 1.33. The van der Waals surface area contributed by atoms with Gasteiger partial charge in [-0.05, 0) is 31.3 Å². The summed E-state index contributed by atoms with van der Waals surface area (Å²) in [6.07, 6.45) is 1.82. The molecule has 1 saturated heterocycles. The van der Waals surface area contributed by atoms with E-state index in [4.69, 9.17) is 4.74 Å². The van der Waals surface area contributed by atoms with E-state index in [-0.39, 0.29) is 6.10 Å². The molecule has 13 heavy (non-hydrogen) atoms. The molecule has 1 aromatic rings. The van der Waals surface area contributed by atoms with Crippen molar-refractivity contribution in [3.05, 3.63) is 22.4 Å². The summed E-state index contributed by atoms with van der Waals surface area (Å²) in [5.74, 6) is 0. The molecule has 2 rings (SSSR count). The lowest BCUT2D eigenvalue weighted by Gasteiger charge is -2.16. The molecule has 3 heteroatoms. The first-order valence-corrected chi connectivity index (χ1v) is 5.64. The van der Waals surface area contributed by atoms with E-state index in [0.717, 1.165) is 19.5 Å². The van der Waals surface area contributed by atoms with Crippen LogP contribution in [0.5, 0.6) is 0 Å². The minimum absolute atomic E-state index is 0.255. The first kappa shape index (κ1) is 9.19. The molecule has 0 saturated carbocycles. The Morgan fingerprint density at radius 1 is 1.69 bits per heavy atom. The molecule has 2 nitrogen and oxygen atoms in total. The van der Waals surface area contributed by atoms with Crippen LogP contribution in [0.2, 0.25) is 0 Å². The first-order valence-electron chi connectivity index (χ1n) is 4.76. The van der Waals surface area contributed by atoms with Crippen molar-refractivity contribution in [1.29, 1.82) is 0 Å². The number of rotatable bonds is 3. The summed E-state index contributed by atoms with van der Waals surface area (Å²) in [6, 6.07) is 4.21. The van der Waals surface area contributed by atoms with Crippen LogP contribution in [0.25, 0.3) is 0 Å². The molecule has 1 aliphatic heterocycles. The molecule has 2 atom stereocenters. The third-order valence-corrected chi connectivity index (χ3v) is 3.39. The summed E-state index contributed by atoms with van der Waals surface area (Å²) in [6.45, 7) is 4.24. The van der Waals surface area contributed by atoms with Crippen molar-refractivity contribution in [2.45, 2.75) is 25.6 Å². The van der Waals surface area contributed by atoms with Crippen molar-refractivity contribution in [2.24, 2.45) is 0 Å². The molecule has 1 fully saturated rings. The van der Waals surface area contributed by atoms with E-state index in [1.54, 1.807) is 11.3 Å². The van der Waals surface area contributed by atoms with Gasteiger partial charge in [-0.15, -0.1) is 11.3 Å². The molecule has 1 aliphatic rings. The van der Waals surface area contributed by atoms with E-state index in [1.807, 2.05) is 0 Å². The Morgan fingerprint density at radius 3 is 3.23 bits per heavy atom. The molecule has 0 spiro atoms. The molecule has 0 amide bonds. The average molecular weight is 197 g/mol. The van der Waals surface area contributed by atoms with Gasteiger partial charge in [0.15, 0.2) is 0 Å². The Labute approximate surface area is 82.9 Å². The monoisotopic (exact) mass is 197 g/mol.